The molecule has 0 aromatic heterocycles. The fourth-order valence-electron chi connectivity index (χ4n) is 1.96. The van der Waals surface area contributed by atoms with Crippen molar-refractivity contribution in [1.82, 2.24) is 0 Å². The van der Waals surface area contributed by atoms with Gasteiger partial charge in [0.15, 0.2) is 0 Å². The van der Waals surface area contributed by atoms with Crippen LogP contribution >= 0.6 is 0 Å². The molecule has 0 aromatic carbocycles. The Labute approximate surface area is 135 Å². The van der Waals surface area contributed by atoms with Crippen LogP contribution < -0.4 is 5.73 Å². The lowest BCUT2D eigenvalue weighted by atomic mass is 10.1. The Morgan fingerprint density at radius 2 is 1.27 bits per heavy atom. The van der Waals surface area contributed by atoms with Crippen molar-refractivity contribution in [2.75, 3.05) is 0 Å². The first-order chi connectivity index (χ1) is 10.5. The van der Waals surface area contributed by atoms with Gasteiger partial charge in [-0.3, -0.25) is 9.59 Å². The topological polar surface area (TPSA) is 101 Å². The average molecular weight is 317 g/mol. The SMILES string of the molecule is CCCCC(N)C(=O)O.CCCCCCCCCCC(=O)O. The molecule has 0 spiro atoms. The molecule has 0 radical (unpaired) electrons. The average Bonchev–Trinajstić information content (AvgIpc) is 2.47. The van der Waals surface area contributed by atoms with Crippen molar-refractivity contribution in [2.24, 2.45) is 5.73 Å². The maximum atomic E-state index is 10.2. The lowest BCUT2D eigenvalue weighted by Gasteiger charge is -2.02. The summed E-state index contributed by atoms with van der Waals surface area (Å²) in [6, 6.07) is -0.662. The van der Waals surface area contributed by atoms with Gasteiger partial charge in [-0.15, -0.1) is 0 Å². The third kappa shape index (κ3) is 21.2. The smallest absolute Gasteiger partial charge is 0.320 e. The van der Waals surface area contributed by atoms with Gasteiger partial charge in [0.1, 0.15) is 6.04 Å². The molecule has 0 fully saturated rings. The van der Waals surface area contributed by atoms with Crippen LogP contribution in [0.2, 0.25) is 0 Å². The number of carboxylic acid groups (broad SMARTS) is 2. The standard InChI is InChI=1S/C11H22O2.C6H13NO2/c1-2-3-4-5-6-7-8-9-10-11(12)13;1-2-3-4-5(7)6(8)9/h2-10H2,1H3,(H,12,13);5H,2-4,7H2,1H3,(H,8,9). The predicted octanol–water partition coefficient (Wildman–Crippen LogP) is 4.19. The Morgan fingerprint density at radius 1 is 0.818 bits per heavy atom. The van der Waals surface area contributed by atoms with Crippen molar-refractivity contribution in [3.63, 3.8) is 0 Å². The van der Waals surface area contributed by atoms with Crippen molar-refractivity contribution in [3.05, 3.63) is 0 Å². The molecule has 132 valence electrons. The molecule has 22 heavy (non-hydrogen) atoms. The van der Waals surface area contributed by atoms with Crippen molar-refractivity contribution < 1.29 is 19.8 Å². The third-order valence-corrected chi connectivity index (χ3v) is 3.43. The van der Waals surface area contributed by atoms with Gasteiger partial charge < -0.3 is 15.9 Å². The van der Waals surface area contributed by atoms with Crippen molar-refractivity contribution in [3.8, 4) is 0 Å². The zero-order valence-electron chi connectivity index (χ0n) is 14.4. The second kappa shape index (κ2) is 18.0. The number of rotatable bonds is 13. The molecule has 0 heterocycles. The first kappa shape index (κ1) is 23.2. The first-order valence-corrected chi connectivity index (χ1v) is 8.65. The molecule has 5 heteroatoms. The number of aliphatic carboxylic acids is 2. The summed E-state index contributed by atoms with van der Waals surface area (Å²) >= 11 is 0. The van der Waals surface area contributed by atoms with Crippen molar-refractivity contribution in [1.29, 1.82) is 0 Å². The highest BCUT2D eigenvalue weighted by molar-refractivity contribution is 5.72. The highest BCUT2D eigenvalue weighted by Gasteiger charge is 2.08. The normalized spacial score (nSPS) is 11.4. The van der Waals surface area contributed by atoms with Crippen LogP contribution in [-0.4, -0.2) is 28.2 Å². The van der Waals surface area contributed by atoms with Crippen LogP contribution in [0.1, 0.15) is 90.9 Å². The molecule has 0 aliphatic heterocycles. The summed E-state index contributed by atoms with van der Waals surface area (Å²) in [6.07, 6.45) is 12.5. The fourth-order valence-corrected chi connectivity index (χ4v) is 1.96. The summed E-state index contributed by atoms with van der Waals surface area (Å²) in [5.41, 5.74) is 5.20. The third-order valence-electron chi connectivity index (χ3n) is 3.43. The largest absolute Gasteiger partial charge is 0.481 e. The zero-order valence-corrected chi connectivity index (χ0v) is 14.4. The Bertz CT molecular complexity index is 269. The molecule has 0 saturated heterocycles. The molecule has 1 atom stereocenters. The van der Waals surface area contributed by atoms with Crippen LogP contribution in [0.3, 0.4) is 0 Å². The molecule has 0 rings (SSSR count). The lowest BCUT2D eigenvalue weighted by molar-refractivity contribution is -0.139. The summed E-state index contributed by atoms with van der Waals surface area (Å²) in [6.45, 7) is 4.22. The van der Waals surface area contributed by atoms with E-state index in [2.05, 4.69) is 6.92 Å². The van der Waals surface area contributed by atoms with Gasteiger partial charge in [-0.2, -0.15) is 0 Å². The Kier molecular flexibility index (Phi) is 18.9. The van der Waals surface area contributed by atoms with Gasteiger partial charge in [0.05, 0.1) is 0 Å². The van der Waals surface area contributed by atoms with E-state index in [4.69, 9.17) is 15.9 Å². The van der Waals surface area contributed by atoms with Gasteiger partial charge in [-0.05, 0) is 12.8 Å². The van der Waals surface area contributed by atoms with E-state index in [0.717, 1.165) is 25.7 Å². The molecule has 0 aromatic rings. The van der Waals surface area contributed by atoms with Crippen molar-refractivity contribution in [2.45, 2.75) is 96.9 Å². The molecule has 0 amide bonds. The second-order valence-corrected chi connectivity index (χ2v) is 5.71. The Morgan fingerprint density at radius 3 is 1.68 bits per heavy atom. The number of hydrogen-bond acceptors (Lipinski definition) is 3. The van der Waals surface area contributed by atoms with E-state index in [-0.39, 0.29) is 0 Å². The molecule has 1 unspecified atom stereocenters. The molecule has 0 aliphatic carbocycles. The molecular formula is C17H35NO4. The quantitative estimate of drug-likeness (QED) is 0.442. The van der Waals surface area contributed by atoms with E-state index in [1.54, 1.807) is 0 Å². The van der Waals surface area contributed by atoms with E-state index < -0.39 is 18.0 Å². The zero-order chi connectivity index (χ0) is 17.2. The molecule has 5 nitrogen and oxygen atoms in total. The number of unbranched alkanes of at least 4 members (excludes halogenated alkanes) is 8. The second-order valence-electron chi connectivity index (χ2n) is 5.71. The summed E-state index contributed by atoms with van der Waals surface area (Å²) in [5.74, 6) is -1.56. The molecule has 0 aliphatic rings. The van der Waals surface area contributed by atoms with Gasteiger partial charge in [-0.25, -0.2) is 0 Å². The van der Waals surface area contributed by atoms with Crippen LogP contribution in [0.15, 0.2) is 0 Å². The summed E-state index contributed by atoms with van der Waals surface area (Å²) in [4.78, 5) is 20.3. The van der Waals surface area contributed by atoms with Gasteiger partial charge in [-0.1, -0.05) is 71.6 Å². The maximum Gasteiger partial charge on any atom is 0.320 e. The van der Waals surface area contributed by atoms with E-state index in [0.29, 0.717) is 12.8 Å². The summed E-state index contributed by atoms with van der Waals surface area (Å²) < 4.78 is 0. The monoisotopic (exact) mass is 317 g/mol. The fraction of sp³-hybridized carbons (Fsp3) is 0.882. The number of nitrogens with two attached hydrogens (primary N) is 1. The lowest BCUT2D eigenvalue weighted by Crippen LogP contribution is -2.29. The predicted molar refractivity (Wildman–Crippen MR) is 90.0 cm³/mol. The van der Waals surface area contributed by atoms with Gasteiger partial charge in [0.25, 0.3) is 0 Å². The molecule has 4 N–H and O–H groups in total. The van der Waals surface area contributed by atoms with Crippen LogP contribution in [0.5, 0.6) is 0 Å². The Balaban J connectivity index is 0. The number of carbonyl (C=O) groups is 2. The molecule has 0 bridgehead atoms. The molecular weight excluding hydrogens is 282 g/mol. The van der Waals surface area contributed by atoms with E-state index in [9.17, 15) is 9.59 Å². The van der Waals surface area contributed by atoms with E-state index in [1.807, 2.05) is 6.92 Å². The summed E-state index contributed by atoms with van der Waals surface area (Å²) in [7, 11) is 0. The van der Waals surface area contributed by atoms with Crippen molar-refractivity contribution >= 4 is 11.9 Å². The first-order valence-electron chi connectivity index (χ1n) is 8.65. The van der Waals surface area contributed by atoms with Gasteiger partial charge >= 0.3 is 11.9 Å². The maximum absolute atomic E-state index is 10.2. The molecule has 0 saturated carbocycles. The van der Waals surface area contributed by atoms with E-state index >= 15 is 0 Å². The van der Waals surface area contributed by atoms with Gasteiger partial charge in [0.2, 0.25) is 0 Å². The minimum atomic E-state index is -0.900. The van der Waals surface area contributed by atoms with Crippen LogP contribution in [0.25, 0.3) is 0 Å². The summed E-state index contributed by atoms with van der Waals surface area (Å²) in [5, 5.41) is 16.7. The van der Waals surface area contributed by atoms with Crippen LogP contribution in [-0.2, 0) is 9.59 Å². The highest BCUT2D eigenvalue weighted by atomic mass is 16.4. The minimum absolute atomic E-state index is 0.342. The number of hydrogen-bond donors (Lipinski definition) is 3. The highest BCUT2D eigenvalue weighted by Crippen LogP contribution is 2.09. The van der Waals surface area contributed by atoms with E-state index in [1.165, 1.54) is 38.5 Å². The minimum Gasteiger partial charge on any atom is -0.481 e. The van der Waals surface area contributed by atoms with Crippen LogP contribution in [0.4, 0.5) is 0 Å². The number of carboxylic acids is 2. The van der Waals surface area contributed by atoms with Crippen LogP contribution in [0, 0.1) is 0 Å². The van der Waals surface area contributed by atoms with Gasteiger partial charge in [0, 0.05) is 6.42 Å². The Hall–Kier alpha value is -1.10.